The van der Waals surface area contributed by atoms with E-state index in [1.165, 1.54) is 0 Å². The normalized spacial score (nSPS) is 7.27. The van der Waals surface area contributed by atoms with E-state index in [4.69, 9.17) is 11.1 Å². The van der Waals surface area contributed by atoms with Gasteiger partial charge in [0.15, 0.2) is 0 Å². The lowest BCUT2D eigenvalue weighted by molar-refractivity contribution is 1.42. The first-order chi connectivity index (χ1) is 4.30. The van der Waals surface area contributed by atoms with Crippen molar-refractivity contribution in [2.45, 2.75) is 0 Å². The van der Waals surface area contributed by atoms with Gasteiger partial charge in [0.1, 0.15) is 5.84 Å². The highest BCUT2D eigenvalue weighted by molar-refractivity contribution is 5.94. The van der Waals surface area contributed by atoms with Gasteiger partial charge in [-0.2, -0.15) is 0 Å². The largest absolute Gasteiger partial charge is 0.384 e. The summed E-state index contributed by atoms with van der Waals surface area (Å²) < 4.78 is 0. The molecule has 0 heterocycles. The van der Waals surface area contributed by atoms with Crippen LogP contribution in [0.2, 0.25) is 0 Å². The standard InChI is InChI=1S/C7H8N2.2ClH/c8-7(9)6-4-2-1-3-5-6;;/h1-5H,(H3,8,9);2*1H. The summed E-state index contributed by atoms with van der Waals surface area (Å²) in [6.07, 6.45) is 0. The van der Waals surface area contributed by atoms with Crippen molar-refractivity contribution in [3.05, 3.63) is 35.9 Å². The van der Waals surface area contributed by atoms with E-state index in [1.807, 2.05) is 30.3 Å². The summed E-state index contributed by atoms with van der Waals surface area (Å²) in [7, 11) is 0. The lowest BCUT2D eigenvalue weighted by Crippen LogP contribution is -2.10. The molecule has 62 valence electrons. The van der Waals surface area contributed by atoms with Gasteiger partial charge >= 0.3 is 0 Å². The summed E-state index contributed by atoms with van der Waals surface area (Å²) >= 11 is 0. The molecule has 0 aliphatic heterocycles. The van der Waals surface area contributed by atoms with Crippen molar-refractivity contribution >= 4 is 30.6 Å². The molecule has 0 spiro atoms. The van der Waals surface area contributed by atoms with Crippen LogP contribution in [-0.4, -0.2) is 5.84 Å². The molecule has 3 N–H and O–H groups in total. The maximum atomic E-state index is 7.01. The van der Waals surface area contributed by atoms with Crippen molar-refractivity contribution in [2.75, 3.05) is 0 Å². The second kappa shape index (κ2) is 6.01. The molecule has 1 aromatic carbocycles. The minimum absolute atomic E-state index is 0. The number of benzene rings is 1. The molecule has 1 aromatic rings. The van der Waals surface area contributed by atoms with Crippen LogP contribution in [-0.2, 0) is 0 Å². The summed E-state index contributed by atoms with van der Waals surface area (Å²) in [5, 5.41) is 7.01. The molecule has 0 atom stereocenters. The number of amidine groups is 1. The molecule has 0 bridgehead atoms. The zero-order valence-corrected chi connectivity index (χ0v) is 7.41. The minimum atomic E-state index is 0. The van der Waals surface area contributed by atoms with E-state index in [0.717, 1.165) is 5.56 Å². The number of nitrogens with two attached hydrogens (primary N) is 1. The molecule has 0 aliphatic rings. The number of hydrogen-bond acceptors (Lipinski definition) is 1. The van der Waals surface area contributed by atoms with Crippen molar-refractivity contribution < 1.29 is 0 Å². The highest BCUT2D eigenvalue weighted by atomic mass is 35.5. The fourth-order valence-electron chi connectivity index (χ4n) is 0.618. The third-order valence-corrected chi connectivity index (χ3v) is 1.08. The second-order valence-corrected chi connectivity index (χ2v) is 1.78. The van der Waals surface area contributed by atoms with Crippen LogP contribution in [0.1, 0.15) is 5.56 Å². The van der Waals surface area contributed by atoms with Gasteiger partial charge in [-0.25, -0.2) is 0 Å². The van der Waals surface area contributed by atoms with Gasteiger partial charge in [-0.3, -0.25) is 5.41 Å². The van der Waals surface area contributed by atoms with Crippen LogP contribution in [0.5, 0.6) is 0 Å². The van der Waals surface area contributed by atoms with Crippen molar-refractivity contribution in [2.24, 2.45) is 5.73 Å². The van der Waals surface area contributed by atoms with Gasteiger partial charge in [0.25, 0.3) is 0 Å². The van der Waals surface area contributed by atoms with Gasteiger partial charge in [0.05, 0.1) is 0 Å². The van der Waals surface area contributed by atoms with E-state index in [1.54, 1.807) is 0 Å². The first-order valence-corrected chi connectivity index (χ1v) is 2.70. The monoisotopic (exact) mass is 192 g/mol. The Kier molecular flexibility index (Phi) is 7.05. The van der Waals surface area contributed by atoms with Gasteiger partial charge in [-0.05, 0) is 0 Å². The highest BCUT2D eigenvalue weighted by Crippen LogP contribution is 1.94. The summed E-state index contributed by atoms with van der Waals surface area (Å²) in [4.78, 5) is 0. The Labute approximate surface area is 78.1 Å². The zero-order valence-electron chi connectivity index (χ0n) is 5.78. The van der Waals surface area contributed by atoms with E-state index in [9.17, 15) is 0 Å². The first-order valence-electron chi connectivity index (χ1n) is 2.70. The molecule has 0 radical (unpaired) electrons. The molecule has 0 saturated heterocycles. The first kappa shape index (κ1) is 12.9. The van der Waals surface area contributed by atoms with E-state index >= 15 is 0 Å². The molecule has 0 unspecified atom stereocenters. The van der Waals surface area contributed by atoms with Gasteiger partial charge in [-0.1, -0.05) is 30.3 Å². The van der Waals surface area contributed by atoms with Crippen LogP contribution in [0.4, 0.5) is 0 Å². The third kappa shape index (κ3) is 3.86. The predicted octanol–water partition coefficient (Wildman–Crippen LogP) is 1.81. The summed E-state index contributed by atoms with van der Waals surface area (Å²) in [6, 6.07) is 9.23. The number of nitrogen functional groups attached to an aromatic ring is 1. The van der Waals surface area contributed by atoms with E-state index in [2.05, 4.69) is 0 Å². The Balaban J connectivity index is 0. The number of rotatable bonds is 1. The molecule has 11 heavy (non-hydrogen) atoms. The molecule has 0 amide bonds. The lowest BCUT2D eigenvalue weighted by atomic mass is 10.2. The van der Waals surface area contributed by atoms with Crippen LogP contribution in [0, 0.1) is 5.41 Å². The summed E-state index contributed by atoms with van der Waals surface area (Å²) in [6.45, 7) is 0. The van der Waals surface area contributed by atoms with Crippen LogP contribution >= 0.6 is 24.8 Å². The SMILES string of the molecule is Cl.Cl.N=C(N)c1ccccc1. The summed E-state index contributed by atoms with van der Waals surface area (Å²) in [5.41, 5.74) is 5.97. The predicted molar refractivity (Wildman–Crippen MR) is 52.0 cm³/mol. The van der Waals surface area contributed by atoms with Gasteiger partial charge < -0.3 is 5.73 Å². The van der Waals surface area contributed by atoms with Crippen molar-refractivity contribution in [1.29, 1.82) is 5.41 Å². The minimum Gasteiger partial charge on any atom is -0.384 e. The van der Waals surface area contributed by atoms with Gasteiger partial charge in [-0.15, -0.1) is 24.8 Å². The Morgan fingerprint density at radius 2 is 1.55 bits per heavy atom. The Bertz CT molecular complexity index is 211. The van der Waals surface area contributed by atoms with Gasteiger partial charge in [0.2, 0.25) is 0 Å². The summed E-state index contributed by atoms with van der Waals surface area (Å²) in [5.74, 6) is 0.121. The molecular weight excluding hydrogens is 183 g/mol. The molecule has 2 nitrogen and oxygen atoms in total. The number of halogens is 2. The van der Waals surface area contributed by atoms with E-state index < -0.39 is 0 Å². The fourth-order valence-corrected chi connectivity index (χ4v) is 0.618. The molecule has 0 aromatic heterocycles. The lowest BCUT2D eigenvalue weighted by Gasteiger charge is -1.93. The van der Waals surface area contributed by atoms with E-state index in [0.29, 0.717) is 0 Å². The number of hydrogen-bond donors (Lipinski definition) is 2. The average Bonchev–Trinajstić information content (AvgIpc) is 1.90. The topological polar surface area (TPSA) is 49.9 Å². The quantitative estimate of drug-likeness (QED) is 0.518. The number of nitrogens with one attached hydrogen (secondary N) is 1. The Hall–Kier alpha value is -0.730. The molecule has 1 rings (SSSR count). The Morgan fingerprint density at radius 1 is 1.09 bits per heavy atom. The van der Waals surface area contributed by atoms with Crippen LogP contribution in [0.25, 0.3) is 0 Å². The third-order valence-electron chi connectivity index (χ3n) is 1.08. The van der Waals surface area contributed by atoms with Gasteiger partial charge in [0, 0.05) is 5.56 Å². The molecule has 0 saturated carbocycles. The zero-order chi connectivity index (χ0) is 6.69. The van der Waals surface area contributed by atoms with E-state index in [-0.39, 0.29) is 30.6 Å². The maximum absolute atomic E-state index is 7.01. The fraction of sp³-hybridized carbons (Fsp3) is 0. The molecule has 0 fully saturated rings. The maximum Gasteiger partial charge on any atom is 0.122 e. The van der Waals surface area contributed by atoms with Crippen LogP contribution in [0.15, 0.2) is 30.3 Å². The second-order valence-electron chi connectivity index (χ2n) is 1.78. The average molecular weight is 193 g/mol. The molecular formula is C7H10Cl2N2. The molecule has 0 aliphatic carbocycles. The molecule has 4 heteroatoms. The smallest absolute Gasteiger partial charge is 0.122 e. The van der Waals surface area contributed by atoms with Crippen LogP contribution in [0.3, 0.4) is 0 Å². The van der Waals surface area contributed by atoms with Crippen molar-refractivity contribution in [3.63, 3.8) is 0 Å². The van der Waals surface area contributed by atoms with Crippen molar-refractivity contribution in [3.8, 4) is 0 Å². The van der Waals surface area contributed by atoms with Crippen molar-refractivity contribution in [1.82, 2.24) is 0 Å². The Morgan fingerprint density at radius 3 is 1.82 bits per heavy atom. The van der Waals surface area contributed by atoms with Crippen LogP contribution < -0.4 is 5.73 Å². The highest BCUT2D eigenvalue weighted by Gasteiger charge is 1.89.